The molecule has 0 aromatic heterocycles. The summed E-state index contributed by atoms with van der Waals surface area (Å²) in [6, 6.07) is 0. The average Bonchev–Trinajstić information content (AvgIpc) is 1.33. The molecule has 7 heavy (non-hydrogen) atoms. The normalized spacial score (nSPS) is 6.29. The third kappa shape index (κ3) is 585. The Hall–Kier alpha value is 0.470. The molecule has 3 heteroatoms. The molecule has 0 heterocycles. The summed E-state index contributed by atoms with van der Waals surface area (Å²) in [6.45, 7) is 3.27. The Kier molecular flexibility index (Phi) is 14.5. The van der Waals surface area contributed by atoms with Gasteiger partial charge in [-0.25, -0.2) is 0 Å². The number of carboxylic acids is 1. The quantitative estimate of drug-likeness (QED) is 0.468. The second kappa shape index (κ2) is 9.69. The maximum absolute atomic E-state index is 9.00. The SMILES string of the molecule is CC(=O)O.C[CH2][Na]. The molecular formula is C4H9NaO2. The van der Waals surface area contributed by atoms with E-state index in [1.807, 2.05) is 0 Å². The van der Waals surface area contributed by atoms with Crippen LogP contribution in [0, 0.1) is 0 Å². The predicted octanol–water partition coefficient (Wildman–Crippen LogP) is 0.684. The number of hydrogen-bond donors (Lipinski definition) is 1. The van der Waals surface area contributed by atoms with Gasteiger partial charge in [0.1, 0.15) is 0 Å². The molecule has 0 aliphatic carbocycles. The van der Waals surface area contributed by atoms with E-state index in [2.05, 4.69) is 6.92 Å². The van der Waals surface area contributed by atoms with E-state index in [-0.39, 0.29) is 0 Å². The molecule has 1 N–H and O–H groups in total. The first-order valence-corrected chi connectivity index (χ1v) is 3.76. The van der Waals surface area contributed by atoms with Gasteiger partial charge in [0, 0.05) is 6.92 Å². The molecule has 0 amide bonds. The van der Waals surface area contributed by atoms with Crippen LogP contribution in [0.25, 0.3) is 0 Å². The number of aliphatic carboxylic acids is 1. The van der Waals surface area contributed by atoms with Crippen molar-refractivity contribution in [1.29, 1.82) is 0 Å². The third-order valence-corrected chi connectivity index (χ3v) is 0. The summed E-state index contributed by atoms with van der Waals surface area (Å²) >= 11 is 1.37. The molecule has 38 valence electrons. The number of rotatable bonds is 0. The first-order valence-electron chi connectivity index (χ1n) is 2.34. The van der Waals surface area contributed by atoms with Crippen LogP contribution in [0.5, 0.6) is 0 Å². The molecule has 0 rings (SSSR count). The van der Waals surface area contributed by atoms with Crippen LogP contribution in [0.15, 0.2) is 0 Å². The summed E-state index contributed by atoms with van der Waals surface area (Å²) in [5.74, 6) is -0.833. The summed E-state index contributed by atoms with van der Waals surface area (Å²) in [6.07, 6.45) is 0. The summed E-state index contributed by atoms with van der Waals surface area (Å²) in [7, 11) is 0. The molecule has 0 bridgehead atoms. The van der Waals surface area contributed by atoms with Crippen LogP contribution in [0.3, 0.4) is 0 Å². The van der Waals surface area contributed by atoms with E-state index in [0.717, 1.165) is 6.92 Å². The van der Waals surface area contributed by atoms with Gasteiger partial charge in [-0.15, -0.1) is 0 Å². The zero-order valence-corrected chi connectivity index (χ0v) is 7.06. The van der Waals surface area contributed by atoms with Gasteiger partial charge in [0.2, 0.25) is 0 Å². The average molecular weight is 112 g/mol. The standard InChI is InChI=1S/C2H4O2.C2H5.Na/c1-2(3)4;1-2;/h1H3,(H,3,4);1H2,2H3;. The summed E-state index contributed by atoms with van der Waals surface area (Å²) in [4.78, 5) is 9.00. The van der Waals surface area contributed by atoms with Gasteiger partial charge in [-0.1, -0.05) is 0 Å². The Morgan fingerprint density at radius 2 is 1.86 bits per heavy atom. The molecule has 0 aliphatic rings. The summed E-state index contributed by atoms with van der Waals surface area (Å²) in [5.41, 5.74) is 0. The molecule has 0 unspecified atom stereocenters. The predicted molar refractivity (Wildman–Crippen MR) is 29.5 cm³/mol. The fraction of sp³-hybridized carbons (Fsp3) is 0.750. The number of carboxylic acid groups (broad SMARTS) is 1. The van der Waals surface area contributed by atoms with Gasteiger partial charge in [-0.05, 0) is 0 Å². The van der Waals surface area contributed by atoms with Crippen molar-refractivity contribution in [1.82, 2.24) is 0 Å². The van der Waals surface area contributed by atoms with Gasteiger partial charge in [0.25, 0.3) is 5.97 Å². The molecular weight excluding hydrogens is 103 g/mol. The molecule has 0 saturated carbocycles. The van der Waals surface area contributed by atoms with Crippen molar-refractivity contribution in [2.24, 2.45) is 0 Å². The van der Waals surface area contributed by atoms with Gasteiger partial charge in [0.05, 0.1) is 0 Å². The van der Waals surface area contributed by atoms with Crippen LogP contribution in [-0.2, 0) is 4.79 Å². The maximum atomic E-state index is 9.00. The van der Waals surface area contributed by atoms with Crippen LogP contribution in [0.1, 0.15) is 13.8 Å². The third-order valence-electron chi connectivity index (χ3n) is 0. The molecule has 0 aliphatic heterocycles. The monoisotopic (exact) mass is 112 g/mol. The summed E-state index contributed by atoms with van der Waals surface area (Å²) < 4.78 is 1.39. The molecule has 0 saturated heterocycles. The van der Waals surface area contributed by atoms with Crippen molar-refractivity contribution in [3.05, 3.63) is 0 Å². The Labute approximate surface area is 61.3 Å². The Bertz CT molecular complexity index is 41.0. The van der Waals surface area contributed by atoms with Crippen LogP contribution in [-0.4, -0.2) is 39.0 Å². The second-order valence-electron chi connectivity index (χ2n) is 1.23. The van der Waals surface area contributed by atoms with Crippen molar-refractivity contribution >= 4 is 33.9 Å². The van der Waals surface area contributed by atoms with Crippen molar-refractivity contribution < 1.29 is 9.90 Å². The van der Waals surface area contributed by atoms with Crippen molar-refractivity contribution in [3.63, 3.8) is 0 Å². The van der Waals surface area contributed by atoms with Crippen LogP contribution >= 0.6 is 0 Å². The topological polar surface area (TPSA) is 37.3 Å². The van der Waals surface area contributed by atoms with E-state index in [1.54, 1.807) is 0 Å². The van der Waals surface area contributed by atoms with E-state index in [0.29, 0.717) is 0 Å². The summed E-state index contributed by atoms with van der Waals surface area (Å²) in [5, 5.41) is 7.42. The Morgan fingerprint density at radius 1 is 1.86 bits per heavy atom. The molecule has 0 spiro atoms. The van der Waals surface area contributed by atoms with Crippen molar-refractivity contribution in [2.75, 3.05) is 0 Å². The van der Waals surface area contributed by atoms with Crippen molar-refractivity contribution in [2.45, 2.75) is 17.5 Å². The van der Waals surface area contributed by atoms with E-state index in [1.165, 1.54) is 31.6 Å². The molecule has 0 fully saturated rings. The van der Waals surface area contributed by atoms with Gasteiger partial charge in [0.15, 0.2) is 0 Å². The molecule has 0 atom stereocenters. The number of hydrogen-bond acceptors (Lipinski definition) is 1. The zero-order chi connectivity index (χ0) is 6.28. The number of carbonyl (C=O) groups is 1. The molecule has 0 aromatic carbocycles. The van der Waals surface area contributed by atoms with Gasteiger partial charge in [-0.2, -0.15) is 0 Å². The Balaban J connectivity index is 0. The van der Waals surface area contributed by atoms with Crippen LogP contribution < -0.4 is 0 Å². The first-order chi connectivity index (χ1) is 3.15. The molecule has 0 radical (unpaired) electrons. The zero-order valence-electron chi connectivity index (χ0n) is 5.06. The van der Waals surface area contributed by atoms with E-state index in [9.17, 15) is 0 Å². The first kappa shape index (κ1) is 10.5. The fourth-order valence-corrected chi connectivity index (χ4v) is 0. The fourth-order valence-electron chi connectivity index (χ4n) is 0. The van der Waals surface area contributed by atoms with Crippen LogP contribution in [0.4, 0.5) is 0 Å². The van der Waals surface area contributed by atoms with E-state index >= 15 is 0 Å². The molecule has 2 nitrogen and oxygen atoms in total. The van der Waals surface area contributed by atoms with Crippen LogP contribution in [0.2, 0.25) is 3.67 Å². The van der Waals surface area contributed by atoms with Gasteiger partial charge >= 0.3 is 38.5 Å². The van der Waals surface area contributed by atoms with Gasteiger partial charge < -0.3 is 5.11 Å². The van der Waals surface area contributed by atoms with E-state index in [4.69, 9.17) is 9.90 Å². The molecule has 0 aromatic rings. The Morgan fingerprint density at radius 3 is 1.86 bits per heavy atom. The van der Waals surface area contributed by atoms with Gasteiger partial charge in [-0.3, -0.25) is 4.79 Å². The van der Waals surface area contributed by atoms with Crippen molar-refractivity contribution in [3.8, 4) is 0 Å². The minimum absolute atomic E-state index is 0.833. The second-order valence-corrected chi connectivity index (χ2v) is 2.64. The van der Waals surface area contributed by atoms with E-state index < -0.39 is 5.97 Å². The minimum atomic E-state index is -0.833.